The number of rotatable bonds is 3. The van der Waals surface area contributed by atoms with Crippen LogP contribution in [0.25, 0.3) is 0 Å². The largest absolute Gasteiger partial charge is 0.325 e. The first-order valence-corrected chi connectivity index (χ1v) is 4.34. The number of aryl methyl sites for hydroxylation is 1. The molecule has 0 heterocycles. The zero-order valence-corrected chi connectivity index (χ0v) is 8.23. The van der Waals surface area contributed by atoms with Crippen molar-refractivity contribution in [2.24, 2.45) is 0 Å². The molecule has 0 fully saturated rings. The Morgan fingerprint density at radius 2 is 2.21 bits per heavy atom. The molecule has 0 aromatic heterocycles. The van der Waals surface area contributed by atoms with Gasteiger partial charge >= 0.3 is 0 Å². The summed E-state index contributed by atoms with van der Waals surface area (Å²) in [4.78, 5) is 11.1. The van der Waals surface area contributed by atoms with Crippen molar-refractivity contribution in [2.45, 2.75) is 6.92 Å². The second-order valence-electron chi connectivity index (χ2n) is 3.04. The Balaban J connectivity index is 2.68. The highest BCUT2D eigenvalue weighted by molar-refractivity contribution is 5.92. The normalized spacial score (nSPS) is 9.93. The molecule has 14 heavy (non-hydrogen) atoms. The van der Waals surface area contributed by atoms with E-state index in [1.54, 1.807) is 20.0 Å². The molecule has 0 saturated heterocycles. The third kappa shape index (κ3) is 2.81. The van der Waals surface area contributed by atoms with E-state index >= 15 is 0 Å². The first-order valence-electron chi connectivity index (χ1n) is 4.34. The van der Waals surface area contributed by atoms with Gasteiger partial charge in [-0.15, -0.1) is 0 Å². The number of likely N-dealkylation sites (N-methyl/N-ethyl adjacent to an activating group) is 1. The van der Waals surface area contributed by atoms with Crippen molar-refractivity contribution in [1.29, 1.82) is 0 Å². The number of anilines is 1. The van der Waals surface area contributed by atoms with E-state index in [1.165, 1.54) is 12.1 Å². The molecule has 4 heteroatoms. The van der Waals surface area contributed by atoms with Gasteiger partial charge in [-0.05, 0) is 37.7 Å². The Morgan fingerprint density at radius 1 is 1.50 bits per heavy atom. The minimum atomic E-state index is -0.267. The summed E-state index contributed by atoms with van der Waals surface area (Å²) in [5.41, 5.74) is 1.14. The van der Waals surface area contributed by atoms with Crippen molar-refractivity contribution >= 4 is 11.6 Å². The summed E-state index contributed by atoms with van der Waals surface area (Å²) in [5.74, 6) is -0.407. The smallest absolute Gasteiger partial charge is 0.238 e. The maximum atomic E-state index is 12.9. The molecule has 76 valence electrons. The number of amides is 1. The zero-order valence-electron chi connectivity index (χ0n) is 8.23. The lowest BCUT2D eigenvalue weighted by atomic mass is 10.2. The minimum absolute atomic E-state index is 0.140. The van der Waals surface area contributed by atoms with Crippen LogP contribution in [0.5, 0.6) is 0 Å². The fourth-order valence-corrected chi connectivity index (χ4v) is 1.09. The monoisotopic (exact) mass is 196 g/mol. The van der Waals surface area contributed by atoms with Crippen LogP contribution in [0.3, 0.4) is 0 Å². The average Bonchev–Trinajstić information content (AvgIpc) is 2.12. The number of halogens is 1. The highest BCUT2D eigenvalue weighted by Gasteiger charge is 2.02. The number of benzene rings is 1. The van der Waals surface area contributed by atoms with E-state index < -0.39 is 0 Å². The van der Waals surface area contributed by atoms with Crippen molar-refractivity contribution in [3.05, 3.63) is 29.6 Å². The maximum Gasteiger partial charge on any atom is 0.238 e. The van der Waals surface area contributed by atoms with E-state index in [1.807, 2.05) is 0 Å². The number of carbonyl (C=O) groups is 1. The van der Waals surface area contributed by atoms with Gasteiger partial charge in [0.25, 0.3) is 0 Å². The summed E-state index contributed by atoms with van der Waals surface area (Å²) in [6.45, 7) is 1.90. The predicted octanol–water partition coefficient (Wildman–Crippen LogP) is 1.29. The number of nitrogens with one attached hydrogen (secondary N) is 2. The SMILES string of the molecule is CNCC(=O)Nc1ccc(F)c(C)c1. The fraction of sp³-hybridized carbons (Fsp3) is 0.300. The first-order chi connectivity index (χ1) is 6.63. The van der Waals surface area contributed by atoms with Crippen LogP contribution in [-0.2, 0) is 4.79 Å². The molecule has 2 N–H and O–H groups in total. The fourth-order valence-electron chi connectivity index (χ4n) is 1.09. The third-order valence-corrected chi connectivity index (χ3v) is 1.78. The van der Waals surface area contributed by atoms with Gasteiger partial charge in [0, 0.05) is 5.69 Å². The molecule has 3 nitrogen and oxygen atoms in total. The van der Waals surface area contributed by atoms with Crippen LogP contribution in [-0.4, -0.2) is 19.5 Å². The minimum Gasteiger partial charge on any atom is -0.325 e. The van der Waals surface area contributed by atoms with Crippen LogP contribution in [0.15, 0.2) is 18.2 Å². The molecule has 0 unspecified atom stereocenters. The van der Waals surface area contributed by atoms with Crippen molar-refractivity contribution < 1.29 is 9.18 Å². The second-order valence-corrected chi connectivity index (χ2v) is 3.04. The Bertz CT molecular complexity index is 339. The Hall–Kier alpha value is -1.42. The van der Waals surface area contributed by atoms with Crippen LogP contribution >= 0.6 is 0 Å². The number of hydrogen-bond acceptors (Lipinski definition) is 2. The number of hydrogen-bond donors (Lipinski definition) is 2. The summed E-state index contributed by atoms with van der Waals surface area (Å²) in [7, 11) is 1.69. The zero-order chi connectivity index (χ0) is 10.6. The van der Waals surface area contributed by atoms with Gasteiger partial charge in [-0.3, -0.25) is 4.79 Å². The van der Waals surface area contributed by atoms with Crippen LogP contribution in [0.4, 0.5) is 10.1 Å². The van der Waals surface area contributed by atoms with E-state index in [2.05, 4.69) is 10.6 Å². The molecule has 0 radical (unpaired) electrons. The molecular weight excluding hydrogens is 183 g/mol. The van der Waals surface area contributed by atoms with Crippen molar-refractivity contribution in [2.75, 3.05) is 18.9 Å². The van der Waals surface area contributed by atoms with Gasteiger partial charge in [-0.25, -0.2) is 4.39 Å². The van der Waals surface area contributed by atoms with E-state index in [0.29, 0.717) is 11.3 Å². The number of carbonyl (C=O) groups excluding carboxylic acids is 1. The molecule has 0 aliphatic carbocycles. The Labute approximate surface area is 82.3 Å². The molecule has 0 saturated carbocycles. The van der Waals surface area contributed by atoms with E-state index in [4.69, 9.17) is 0 Å². The van der Waals surface area contributed by atoms with Gasteiger partial charge in [0.05, 0.1) is 6.54 Å². The highest BCUT2D eigenvalue weighted by atomic mass is 19.1. The highest BCUT2D eigenvalue weighted by Crippen LogP contribution is 2.13. The lowest BCUT2D eigenvalue weighted by Crippen LogP contribution is -2.25. The first kappa shape index (κ1) is 10.7. The van der Waals surface area contributed by atoms with Gasteiger partial charge in [0.1, 0.15) is 5.82 Å². The van der Waals surface area contributed by atoms with E-state index in [0.717, 1.165) is 0 Å². The lowest BCUT2D eigenvalue weighted by Gasteiger charge is -2.05. The molecule has 0 aliphatic heterocycles. The molecule has 1 amide bonds. The van der Waals surface area contributed by atoms with Crippen molar-refractivity contribution in [1.82, 2.24) is 5.32 Å². The van der Waals surface area contributed by atoms with E-state index in [-0.39, 0.29) is 18.3 Å². The molecule has 0 atom stereocenters. The van der Waals surface area contributed by atoms with Crippen molar-refractivity contribution in [3.63, 3.8) is 0 Å². The molecule has 0 aliphatic rings. The standard InChI is InChI=1S/C10H13FN2O/c1-7-5-8(3-4-9(7)11)13-10(14)6-12-2/h3-5,12H,6H2,1-2H3,(H,13,14). The van der Waals surface area contributed by atoms with E-state index in [9.17, 15) is 9.18 Å². The maximum absolute atomic E-state index is 12.9. The quantitative estimate of drug-likeness (QED) is 0.764. The Morgan fingerprint density at radius 3 is 2.79 bits per heavy atom. The van der Waals surface area contributed by atoms with Crippen LogP contribution in [0, 0.1) is 12.7 Å². The molecule has 0 bridgehead atoms. The Kier molecular flexibility index (Phi) is 3.59. The summed E-state index contributed by atoms with van der Waals surface area (Å²) < 4.78 is 12.9. The van der Waals surface area contributed by atoms with Crippen LogP contribution < -0.4 is 10.6 Å². The van der Waals surface area contributed by atoms with Crippen molar-refractivity contribution in [3.8, 4) is 0 Å². The van der Waals surface area contributed by atoms with Gasteiger partial charge < -0.3 is 10.6 Å². The summed E-state index contributed by atoms with van der Waals surface area (Å²) in [6, 6.07) is 4.48. The van der Waals surface area contributed by atoms with Gasteiger partial charge in [0.2, 0.25) is 5.91 Å². The van der Waals surface area contributed by atoms with Crippen LogP contribution in [0.2, 0.25) is 0 Å². The van der Waals surface area contributed by atoms with Crippen LogP contribution in [0.1, 0.15) is 5.56 Å². The van der Waals surface area contributed by atoms with Gasteiger partial charge in [-0.1, -0.05) is 0 Å². The van der Waals surface area contributed by atoms with Gasteiger partial charge in [0.15, 0.2) is 0 Å². The summed E-state index contributed by atoms with van der Waals surface area (Å²) in [5, 5.41) is 5.37. The summed E-state index contributed by atoms with van der Waals surface area (Å²) >= 11 is 0. The average molecular weight is 196 g/mol. The lowest BCUT2D eigenvalue weighted by molar-refractivity contribution is -0.115. The third-order valence-electron chi connectivity index (χ3n) is 1.78. The predicted molar refractivity (Wildman–Crippen MR) is 53.7 cm³/mol. The summed E-state index contributed by atoms with van der Waals surface area (Å²) in [6.07, 6.45) is 0. The topological polar surface area (TPSA) is 41.1 Å². The molecule has 1 aromatic carbocycles. The molecular formula is C10H13FN2O. The molecule has 1 aromatic rings. The molecule has 0 spiro atoms. The second kappa shape index (κ2) is 4.72. The van der Waals surface area contributed by atoms with Gasteiger partial charge in [-0.2, -0.15) is 0 Å². The molecule has 1 rings (SSSR count).